The highest BCUT2D eigenvalue weighted by Gasteiger charge is 2.45. The van der Waals surface area contributed by atoms with E-state index in [-0.39, 0.29) is 5.60 Å². The minimum absolute atomic E-state index is 0.139. The van der Waals surface area contributed by atoms with E-state index < -0.39 is 0 Å². The highest BCUT2D eigenvalue weighted by Crippen LogP contribution is 2.42. The van der Waals surface area contributed by atoms with Crippen LogP contribution in [0.1, 0.15) is 47.5 Å². The number of hydrogen-bond donors (Lipinski definition) is 0. The molecule has 0 bridgehead atoms. The fourth-order valence-corrected chi connectivity index (χ4v) is 2.30. The summed E-state index contributed by atoms with van der Waals surface area (Å²) in [7, 11) is 0. The van der Waals surface area contributed by atoms with Gasteiger partial charge in [0, 0.05) is 0 Å². The predicted octanol–water partition coefficient (Wildman–Crippen LogP) is 3.24. The Bertz CT molecular complexity index is 155. The quantitative estimate of drug-likeness (QED) is 0.618. The van der Waals surface area contributed by atoms with Crippen LogP contribution < -0.4 is 0 Å². The zero-order valence-electron chi connectivity index (χ0n) is 9.05. The predicted molar refractivity (Wildman–Crippen MR) is 52.2 cm³/mol. The zero-order chi connectivity index (χ0) is 9.35. The third-order valence-electron chi connectivity index (χ3n) is 3.86. The van der Waals surface area contributed by atoms with Gasteiger partial charge in [0.25, 0.3) is 0 Å². The van der Waals surface area contributed by atoms with Crippen LogP contribution in [-0.4, -0.2) is 11.7 Å². The molecule has 1 heterocycles. The van der Waals surface area contributed by atoms with Gasteiger partial charge in [-0.25, -0.2) is 0 Å². The molecule has 0 saturated carbocycles. The Morgan fingerprint density at radius 2 is 1.83 bits per heavy atom. The van der Waals surface area contributed by atoms with E-state index in [1.807, 2.05) is 0 Å². The first-order valence-corrected chi connectivity index (χ1v) is 5.23. The molecule has 0 radical (unpaired) electrons. The smallest absolute Gasteiger partial charge is 0.0684 e. The van der Waals surface area contributed by atoms with E-state index >= 15 is 0 Å². The lowest BCUT2D eigenvalue weighted by Crippen LogP contribution is -2.30. The molecule has 12 heavy (non-hydrogen) atoms. The average molecular weight is 170 g/mol. The van der Waals surface area contributed by atoms with Crippen molar-refractivity contribution in [2.24, 2.45) is 11.8 Å². The topological polar surface area (TPSA) is 9.23 Å². The average Bonchev–Trinajstić information content (AvgIpc) is 2.31. The Balaban J connectivity index is 2.72. The van der Waals surface area contributed by atoms with Crippen molar-refractivity contribution in [3.05, 3.63) is 0 Å². The van der Waals surface area contributed by atoms with Crippen LogP contribution in [0.25, 0.3) is 0 Å². The second-order valence-corrected chi connectivity index (χ2v) is 4.38. The molecule has 0 aromatic heterocycles. The van der Waals surface area contributed by atoms with E-state index in [0.29, 0.717) is 12.0 Å². The minimum atomic E-state index is 0.139. The molecule has 0 aromatic rings. The van der Waals surface area contributed by atoms with Crippen molar-refractivity contribution in [1.29, 1.82) is 0 Å². The van der Waals surface area contributed by atoms with Crippen molar-refractivity contribution in [2.45, 2.75) is 59.2 Å². The molecule has 1 rings (SSSR count). The van der Waals surface area contributed by atoms with Crippen LogP contribution >= 0.6 is 0 Å². The van der Waals surface area contributed by atoms with Crippen LogP contribution in [0.3, 0.4) is 0 Å². The Morgan fingerprint density at radius 3 is 2.08 bits per heavy atom. The summed E-state index contributed by atoms with van der Waals surface area (Å²) in [6.45, 7) is 11.3. The maximum absolute atomic E-state index is 6.07. The normalized spacial score (nSPS) is 48.2. The Labute approximate surface area is 76.5 Å². The van der Waals surface area contributed by atoms with E-state index in [2.05, 4.69) is 34.6 Å². The van der Waals surface area contributed by atoms with E-state index in [1.54, 1.807) is 0 Å². The van der Waals surface area contributed by atoms with Crippen molar-refractivity contribution >= 4 is 0 Å². The summed E-state index contributed by atoms with van der Waals surface area (Å²) >= 11 is 0. The summed E-state index contributed by atoms with van der Waals surface area (Å²) in [6.07, 6.45) is 2.78. The van der Waals surface area contributed by atoms with Gasteiger partial charge >= 0.3 is 0 Å². The summed E-state index contributed by atoms with van der Waals surface area (Å²) in [6, 6.07) is 0. The molecule has 4 unspecified atom stereocenters. The van der Waals surface area contributed by atoms with Gasteiger partial charge in [-0.15, -0.1) is 0 Å². The Hall–Kier alpha value is -0.0400. The zero-order valence-corrected chi connectivity index (χ0v) is 9.05. The standard InChI is InChI=1S/C11H22O/c1-6-10-8(3)9(4)11(5,7-2)12-10/h8-10H,6-7H2,1-5H3. The number of rotatable bonds is 2. The van der Waals surface area contributed by atoms with E-state index in [9.17, 15) is 0 Å². The second kappa shape index (κ2) is 3.37. The number of hydrogen-bond acceptors (Lipinski definition) is 1. The molecule has 0 N–H and O–H groups in total. The molecule has 0 amide bonds. The van der Waals surface area contributed by atoms with Gasteiger partial charge in [-0.1, -0.05) is 27.7 Å². The SMILES string of the molecule is CCC1OC(C)(CC)C(C)C1C. The Morgan fingerprint density at radius 1 is 1.25 bits per heavy atom. The van der Waals surface area contributed by atoms with Gasteiger partial charge < -0.3 is 4.74 Å². The molecular formula is C11H22O. The lowest BCUT2D eigenvalue weighted by molar-refractivity contribution is -0.0472. The van der Waals surface area contributed by atoms with Crippen molar-refractivity contribution < 1.29 is 4.74 Å². The van der Waals surface area contributed by atoms with Crippen molar-refractivity contribution in [2.75, 3.05) is 0 Å². The first kappa shape index (κ1) is 10.0. The van der Waals surface area contributed by atoms with Gasteiger partial charge in [-0.05, 0) is 31.6 Å². The van der Waals surface area contributed by atoms with Gasteiger partial charge in [0.05, 0.1) is 11.7 Å². The van der Waals surface area contributed by atoms with E-state index in [1.165, 1.54) is 0 Å². The third-order valence-corrected chi connectivity index (χ3v) is 3.86. The first-order valence-electron chi connectivity index (χ1n) is 5.23. The molecule has 1 heteroatoms. The van der Waals surface area contributed by atoms with Gasteiger partial charge in [-0.3, -0.25) is 0 Å². The van der Waals surface area contributed by atoms with Crippen LogP contribution in [-0.2, 0) is 4.74 Å². The van der Waals surface area contributed by atoms with Crippen LogP contribution in [0.2, 0.25) is 0 Å². The Kier molecular flexibility index (Phi) is 2.82. The maximum Gasteiger partial charge on any atom is 0.0684 e. The first-order chi connectivity index (χ1) is 5.55. The fourth-order valence-electron chi connectivity index (χ4n) is 2.30. The monoisotopic (exact) mass is 170 g/mol. The molecular weight excluding hydrogens is 148 g/mol. The van der Waals surface area contributed by atoms with Crippen LogP contribution in [0.4, 0.5) is 0 Å². The van der Waals surface area contributed by atoms with Gasteiger partial charge in [0.2, 0.25) is 0 Å². The second-order valence-electron chi connectivity index (χ2n) is 4.38. The molecule has 1 fully saturated rings. The molecule has 1 nitrogen and oxygen atoms in total. The molecule has 1 aliphatic heterocycles. The molecule has 0 aliphatic carbocycles. The summed E-state index contributed by atoms with van der Waals surface area (Å²) in [4.78, 5) is 0. The maximum atomic E-state index is 6.07. The lowest BCUT2D eigenvalue weighted by atomic mass is 9.81. The van der Waals surface area contributed by atoms with Crippen molar-refractivity contribution in [3.8, 4) is 0 Å². The van der Waals surface area contributed by atoms with Crippen molar-refractivity contribution in [1.82, 2.24) is 0 Å². The van der Waals surface area contributed by atoms with Gasteiger partial charge in [0.15, 0.2) is 0 Å². The largest absolute Gasteiger partial charge is 0.372 e. The lowest BCUT2D eigenvalue weighted by Gasteiger charge is -2.27. The highest BCUT2D eigenvalue weighted by molar-refractivity contribution is 4.93. The van der Waals surface area contributed by atoms with Crippen molar-refractivity contribution in [3.63, 3.8) is 0 Å². The third kappa shape index (κ3) is 1.39. The minimum Gasteiger partial charge on any atom is -0.372 e. The van der Waals surface area contributed by atoms with Gasteiger partial charge in [0.1, 0.15) is 0 Å². The van der Waals surface area contributed by atoms with Crippen LogP contribution in [0, 0.1) is 11.8 Å². The van der Waals surface area contributed by atoms with E-state index in [0.717, 1.165) is 18.8 Å². The summed E-state index contributed by atoms with van der Waals surface area (Å²) in [5.74, 6) is 1.42. The van der Waals surface area contributed by atoms with Crippen LogP contribution in [0.5, 0.6) is 0 Å². The van der Waals surface area contributed by atoms with E-state index in [4.69, 9.17) is 4.74 Å². The molecule has 4 atom stereocenters. The van der Waals surface area contributed by atoms with Crippen LogP contribution in [0.15, 0.2) is 0 Å². The summed E-state index contributed by atoms with van der Waals surface area (Å²) in [5, 5.41) is 0. The fraction of sp³-hybridized carbons (Fsp3) is 1.00. The number of ether oxygens (including phenoxy) is 1. The molecule has 0 spiro atoms. The van der Waals surface area contributed by atoms with Gasteiger partial charge in [-0.2, -0.15) is 0 Å². The molecule has 0 aromatic carbocycles. The highest BCUT2D eigenvalue weighted by atomic mass is 16.5. The summed E-state index contributed by atoms with van der Waals surface area (Å²) < 4.78 is 6.07. The summed E-state index contributed by atoms with van der Waals surface area (Å²) in [5.41, 5.74) is 0.139. The molecule has 1 aliphatic rings. The molecule has 1 saturated heterocycles. The molecule has 72 valence electrons.